The third-order valence-electron chi connectivity index (χ3n) is 2.97. The number of halogens is 3. The fraction of sp³-hybridized carbons (Fsp3) is 0.714. The third-order valence-corrected chi connectivity index (χ3v) is 2.97. The maximum absolute atomic E-state index is 12.4. The van der Waals surface area contributed by atoms with Gasteiger partial charge in [0.25, 0.3) is 0 Å². The summed E-state index contributed by atoms with van der Waals surface area (Å²) in [6.45, 7) is 7.87. The number of hydrogen-bond donors (Lipinski definition) is 1. The molecular weight excluding hydrogens is 269 g/mol. The quantitative estimate of drug-likeness (QED) is 0.834. The van der Waals surface area contributed by atoms with Crippen molar-refractivity contribution in [1.29, 1.82) is 0 Å². The summed E-state index contributed by atoms with van der Waals surface area (Å²) in [5, 5.41) is 3.23. The molecule has 20 heavy (non-hydrogen) atoms. The van der Waals surface area contributed by atoms with Crippen molar-refractivity contribution < 1.29 is 17.6 Å². The number of aryl methyl sites for hydroxylation is 1. The zero-order chi connectivity index (χ0) is 15.3. The minimum absolute atomic E-state index is 0.179. The van der Waals surface area contributed by atoms with Crippen LogP contribution < -0.4 is 5.32 Å². The fourth-order valence-electron chi connectivity index (χ4n) is 1.89. The van der Waals surface area contributed by atoms with Crippen molar-refractivity contribution in [3.8, 4) is 0 Å². The van der Waals surface area contributed by atoms with E-state index >= 15 is 0 Å². The zero-order valence-corrected chi connectivity index (χ0v) is 12.5. The molecule has 1 N–H and O–H groups in total. The first-order valence-electron chi connectivity index (χ1n) is 6.82. The smallest absolute Gasteiger partial charge is 0.401 e. The van der Waals surface area contributed by atoms with Crippen molar-refractivity contribution in [2.75, 3.05) is 13.1 Å². The highest BCUT2D eigenvalue weighted by Crippen LogP contribution is 2.20. The summed E-state index contributed by atoms with van der Waals surface area (Å²) in [6, 6.07) is 2.15. The molecule has 0 bridgehead atoms. The summed E-state index contributed by atoms with van der Waals surface area (Å²) in [7, 11) is 0. The predicted octanol–water partition coefficient (Wildman–Crippen LogP) is 3.47. The maximum atomic E-state index is 12.4. The van der Waals surface area contributed by atoms with Gasteiger partial charge in [-0.2, -0.15) is 13.2 Å². The fourth-order valence-corrected chi connectivity index (χ4v) is 1.89. The molecule has 1 rings (SSSR count). The molecule has 116 valence electrons. The standard InChI is InChI=1S/C14H23F3N2O/c1-5-19(9-14(15,16)17)8-12-6-11(4)13(20-12)7-18-10(2)3/h6,10,18H,5,7-9H2,1-4H3. The van der Waals surface area contributed by atoms with Gasteiger partial charge in [0.15, 0.2) is 0 Å². The second-order valence-corrected chi connectivity index (χ2v) is 5.27. The Balaban J connectivity index is 2.65. The van der Waals surface area contributed by atoms with Crippen LogP contribution in [0.25, 0.3) is 0 Å². The summed E-state index contributed by atoms with van der Waals surface area (Å²) < 4.78 is 42.9. The van der Waals surface area contributed by atoms with Crippen molar-refractivity contribution in [3.63, 3.8) is 0 Å². The first-order chi connectivity index (χ1) is 9.21. The molecule has 0 aliphatic carbocycles. The van der Waals surface area contributed by atoms with Crippen LogP contribution in [0.15, 0.2) is 10.5 Å². The van der Waals surface area contributed by atoms with E-state index in [1.54, 1.807) is 6.92 Å². The van der Waals surface area contributed by atoms with E-state index in [9.17, 15) is 13.2 Å². The summed E-state index contributed by atoms with van der Waals surface area (Å²) in [5.41, 5.74) is 0.969. The van der Waals surface area contributed by atoms with Crippen molar-refractivity contribution in [2.45, 2.75) is 53.0 Å². The van der Waals surface area contributed by atoms with Crippen LogP contribution in [-0.4, -0.2) is 30.2 Å². The van der Waals surface area contributed by atoms with Crippen molar-refractivity contribution in [1.82, 2.24) is 10.2 Å². The second kappa shape index (κ2) is 7.13. The van der Waals surface area contributed by atoms with Gasteiger partial charge in [0.1, 0.15) is 11.5 Å². The molecule has 0 aromatic carbocycles. The first-order valence-corrected chi connectivity index (χ1v) is 6.82. The Morgan fingerprint density at radius 3 is 2.50 bits per heavy atom. The lowest BCUT2D eigenvalue weighted by molar-refractivity contribution is -0.147. The van der Waals surface area contributed by atoms with Gasteiger partial charge in [0.2, 0.25) is 0 Å². The Morgan fingerprint density at radius 1 is 1.35 bits per heavy atom. The number of alkyl halides is 3. The minimum atomic E-state index is -4.18. The van der Waals surface area contributed by atoms with E-state index in [1.807, 2.05) is 26.8 Å². The van der Waals surface area contributed by atoms with Gasteiger partial charge < -0.3 is 9.73 Å². The minimum Gasteiger partial charge on any atom is -0.463 e. The van der Waals surface area contributed by atoms with Gasteiger partial charge in [0.05, 0.1) is 19.6 Å². The highest BCUT2D eigenvalue weighted by atomic mass is 19.4. The molecule has 3 nitrogen and oxygen atoms in total. The topological polar surface area (TPSA) is 28.4 Å². The molecule has 0 radical (unpaired) electrons. The van der Waals surface area contributed by atoms with Gasteiger partial charge in [-0.05, 0) is 25.1 Å². The molecule has 0 amide bonds. The van der Waals surface area contributed by atoms with E-state index in [1.165, 1.54) is 4.90 Å². The highest BCUT2D eigenvalue weighted by molar-refractivity contribution is 5.20. The Bertz CT molecular complexity index is 413. The molecule has 0 unspecified atom stereocenters. The van der Waals surface area contributed by atoms with Gasteiger partial charge >= 0.3 is 6.18 Å². The normalized spacial score (nSPS) is 12.7. The lowest BCUT2D eigenvalue weighted by atomic mass is 10.2. The molecule has 0 spiro atoms. The van der Waals surface area contributed by atoms with E-state index in [0.29, 0.717) is 24.9 Å². The van der Waals surface area contributed by atoms with Crippen molar-refractivity contribution in [3.05, 3.63) is 23.2 Å². The van der Waals surface area contributed by atoms with Crippen LogP contribution in [0.3, 0.4) is 0 Å². The lowest BCUT2D eigenvalue weighted by Gasteiger charge is -2.20. The van der Waals surface area contributed by atoms with Crippen LogP contribution in [0.1, 0.15) is 37.9 Å². The van der Waals surface area contributed by atoms with Gasteiger partial charge in [-0.1, -0.05) is 20.8 Å². The van der Waals surface area contributed by atoms with E-state index < -0.39 is 12.7 Å². The van der Waals surface area contributed by atoms with Gasteiger partial charge in [-0.3, -0.25) is 4.90 Å². The maximum Gasteiger partial charge on any atom is 0.401 e. The van der Waals surface area contributed by atoms with Crippen molar-refractivity contribution in [2.24, 2.45) is 0 Å². The van der Waals surface area contributed by atoms with Crippen molar-refractivity contribution >= 4 is 0 Å². The van der Waals surface area contributed by atoms with Crippen LogP contribution >= 0.6 is 0 Å². The third kappa shape index (κ3) is 5.96. The molecule has 0 atom stereocenters. The van der Waals surface area contributed by atoms with E-state index in [0.717, 1.165) is 11.3 Å². The Hall–Kier alpha value is -1.01. The average molecular weight is 292 g/mol. The van der Waals surface area contributed by atoms with Gasteiger partial charge in [0, 0.05) is 6.04 Å². The summed E-state index contributed by atoms with van der Waals surface area (Å²) in [5.74, 6) is 1.37. The molecule has 1 aromatic rings. The van der Waals surface area contributed by atoms with Crippen LogP contribution in [0.5, 0.6) is 0 Å². The summed E-state index contributed by atoms with van der Waals surface area (Å²) in [6.07, 6.45) is -4.18. The zero-order valence-electron chi connectivity index (χ0n) is 12.5. The van der Waals surface area contributed by atoms with Crippen LogP contribution in [-0.2, 0) is 13.1 Å². The Labute approximate surface area is 118 Å². The Kier molecular flexibility index (Phi) is 6.07. The number of rotatable bonds is 7. The highest BCUT2D eigenvalue weighted by Gasteiger charge is 2.30. The molecule has 0 saturated carbocycles. The molecular formula is C14H23F3N2O. The molecule has 0 aliphatic rings. The summed E-state index contributed by atoms with van der Waals surface area (Å²) in [4.78, 5) is 1.32. The van der Waals surface area contributed by atoms with E-state index in [4.69, 9.17) is 4.42 Å². The molecule has 0 saturated heterocycles. The lowest BCUT2D eigenvalue weighted by Crippen LogP contribution is -2.33. The molecule has 0 fully saturated rings. The molecule has 1 heterocycles. The summed E-state index contributed by atoms with van der Waals surface area (Å²) >= 11 is 0. The molecule has 1 aromatic heterocycles. The first kappa shape index (κ1) is 17.0. The van der Waals surface area contributed by atoms with E-state index in [-0.39, 0.29) is 6.54 Å². The van der Waals surface area contributed by atoms with Gasteiger partial charge in [-0.25, -0.2) is 0 Å². The average Bonchev–Trinajstić information content (AvgIpc) is 2.64. The largest absolute Gasteiger partial charge is 0.463 e. The predicted molar refractivity (Wildman–Crippen MR) is 72.4 cm³/mol. The number of hydrogen-bond acceptors (Lipinski definition) is 3. The van der Waals surface area contributed by atoms with Crippen LogP contribution in [0.2, 0.25) is 0 Å². The SMILES string of the molecule is CCN(Cc1cc(C)c(CNC(C)C)o1)CC(F)(F)F. The Morgan fingerprint density at radius 2 is 2.00 bits per heavy atom. The molecule has 0 aliphatic heterocycles. The van der Waals surface area contributed by atoms with Gasteiger partial charge in [-0.15, -0.1) is 0 Å². The van der Waals surface area contributed by atoms with Crippen LogP contribution in [0, 0.1) is 6.92 Å². The number of furan rings is 1. The van der Waals surface area contributed by atoms with E-state index in [2.05, 4.69) is 5.32 Å². The molecule has 6 heteroatoms. The second-order valence-electron chi connectivity index (χ2n) is 5.27. The number of nitrogens with zero attached hydrogens (tertiary/aromatic N) is 1. The van der Waals surface area contributed by atoms with Crippen LogP contribution in [0.4, 0.5) is 13.2 Å². The number of nitrogens with one attached hydrogen (secondary N) is 1. The monoisotopic (exact) mass is 292 g/mol.